The molecule has 2 unspecified atom stereocenters. The van der Waals surface area contributed by atoms with Crippen LogP contribution in [0, 0.1) is 11.8 Å². The van der Waals surface area contributed by atoms with Crippen LogP contribution in [0.4, 0.5) is 4.79 Å². The second kappa shape index (κ2) is 13.0. The van der Waals surface area contributed by atoms with Crippen LogP contribution in [0.1, 0.15) is 67.2 Å². The van der Waals surface area contributed by atoms with Gasteiger partial charge in [0.25, 0.3) is 0 Å². The van der Waals surface area contributed by atoms with Gasteiger partial charge in [0.05, 0.1) is 0 Å². The molecular weight excluding hydrogens is 378 g/mol. The van der Waals surface area contributed by atoms with Crippen molar-refractivity contribution in [2.45, 2.75) is 78.9 Å². The number of aliphatic carboxylic acids is 1. The molecule has 9 nitrogen and oxygen atoms in total. The Morgan fingerprint density at radius 3 is 2.17 bits per heavy atom. The first kappa shape index (κ1) is 26.7. The number of rotatable bonds is 12. The minimum Gasteiger partial charge on any atom is -0.480 e. The minimum atomic E-state index is -1.14. The molecule has 0 heterocycles. The topological polar surface area (TPSA) is 134 Å². The lowest BCUT2D eigenvalue weighted by Gasteiger charge is -2.21. The molecule has 0 aromatic rings. The number of amides is 3. The average Bonchev–Trinajstić information content (AvgIpc) is 2.53. The van der Waals surface area contributed by atoms with E-state index in [1.165, 1.54) is 0 Å². The second-order valence-corrected chi connectivity index (χ2v) is 8.74. The summed E-state index contributed by atoms with van der Waals surface area (Å²) in [5, 5.41) is 16.4. The largest absolute Gasteiger partial charge is 0.480 e. The fourth-order valence-electron chi connectivity index (χ4n) is 2.62. The van der Waals surface area contributed by atoms with E-state index < -0.39 is 36.2 Å². The van der Waals surface area contributed by atoms with Crippen LogP contribution in [0.15, 0.2) is 0 Å². The molecule has 168 valence electrons. The highest BCUT2D eigenvalue weighted by Gasteiger charge is 2.23. The van der Waals surface area contributed by atoms with Gasteiger partial charge in [-0.3, -0.25) is 14.4 Å². The van der Waals surface area contributed by atoms with Crippen LogP contribution in [0.3, 0.4) is 0 Å². The van der Waals surface area contributed by atoms with Crippen molar-refractivity contribution in [2.75, 3.05) is 13.1 Å². The summed E-state index contributed by atoms with van der Waals surface area (Å²) in [4.78, 5) is 46.6. The normalized spacial score (nSPS) is 13.3. The predicted octanol–water partition coefficient (Wildman–Crippen LogP) is 2.05. The molecule has 0 aromatic carbocycles. The fraction of sp³-hybridized carbons (Fsp3) is 0.800. The molecule has 0 aliphatic rings. The van der Waals surface area contributed by atoms with E-state index in [9.17, 15) is 19.2 Å². The van der Waals surface area contributed by atoms with Crippen LogP contribution in [0.25, 0.3) is 0 Å². The summed E-state index contributed by atoms with van der Waals surface area (Å²) >= 11 is 0. The molecule has 0 aliphatic heterocycles. The van der Waals surface area contributed by atoms with Crippen LogP contribution < -0.4 is 16.0 Å². The molecule has 0 fully saturated rings. The molecule has 4 N–H and O–H groups in total. The van der Waals surface area contributed by atoms with Crippen LogP contribution >= 0.6 is 0 Å². The van der Waals surface area contributed by atoms with Gasteiger partial charge in [-0.2, -0.15) is 0 Å². The van der Waals surface area contributed by atoms with Gasteiger partial charge in [0.2, 0.25) is 11.8 Å². The Hall–Kier alpha value is -2.32. The van der Waals surface area contributed by atoms with Crippen LogP contribution in [-0.2, 0) is 19.1 Å². The van der Waals surface area contributed by atoms with Gasteiger partial charge in [0, 0.05) is 13.0 Å². The lowest BCUT2D eigenvalue weighted by Crippen LogP contribution is -2.48. The maximum atomic E-state index is 12.3. The Morgan fingerprint density at radius 2 is 1.66 bits per heavy atom. The molecule has 0 spiro atoms. The maximum Gasteiger partial charge on any atom is 0.407 e. The molecule has 0 rings (SSSR count). The van der Waals surface area contributed by atoms with Crippen molar-refractivity contribution in [3.05, 3.63) is 0 Å². The van der Waals surface area contributed by atoms with E-state index in [1.54, 1.807) is 20.8 Å². The maximum absolute atomic E-state index is 12.3. The number of carbonyl (C=O) groups excluding carboxylic acids is 3. The Bertz CT molecular complexity index is 557. The number of alkyl carbamates (subject to hydrolysis) is 1. The third-order valence-electron chi connectivity index (χ3n) is 3.85. The first-order valence-electron chi connectivity index (χ1n) is 10.1. The number of ether oxygens (including phenoxy) is 1. The van der Waals surface area contributed by atoms with Gasteiger partial charge in [-0.1, -0.05) is 20.8 Å². The van der Waals surface area contributed by atoms with Gasteiger partial charge in [0.15, 0.2) is 0 Å². The zero-order valence-electron chi connectivity index (χ0n) is 18.5. The van der Waals surface area contributed by atoms with Crippen molar-refractivity contribution >= 4 is 23.9 Å². The van der Waals surface area contributed by atoms with E-state index in [0.717, 1.165) is 6.42 Å². The van der Waals surface area contributed by atoms with Crippen LogP contribution in [-0.4, -0.2) is 53.7 Å². The third-order valence-corrected chi connectivity index (χ3v) is 3.85. The summed E-state index contributed by atoms with van der Waals surface area (Å²) < 4.78 is 5.15. The summed E-state index contributed by atoms with van der Waals surface area (Å²) in [6.45, 7) is 11.1. The smallest absolute Gasteiger partial charge is 0.407 e. The highest BCUT2D eigenvalue weighted by Crippen LogP contribution is 2.12. The van der Waals surface area contributed by atoms with Crippen molar-refractivity contribution in [1.29, 1.82) is 0 Å². The summed E-state index contributed by atoms with van der Waals surface area (Å²) in [5.41, 5.74) is -0.543. The van der Waals surface area contributed by atoms with Gasteiger partial charge >= 0.3 is 12.1 Å². The Morgan fingerprint density at radius 1 is 1.03 bits per heavy atom. The Balaban J connectivity index is 4.33. The Kier molecular flexibility index (Phi) is 12.0. The van der Waals surface area contributed by atoms with Gasteiger partial charge in [0.1, 0.15) is 18.2 Å². The molecule has 0 radical (unpaired) electrons. The van der Waals surface area contributed by atoms with Crippen molar-refractivity contribution < 1.29 is 29.0 Å². The average molecular weight is 416 g/mol. The fourth-order valence-corrected chi connectivity index (χ4v) is 2.62. The molecule has 0 aliphatic carbocycles. The number of carbonyl (C=O) groups is 4. The molecule has 0 aromatic heterocycles. The molecule has 3 amide bonds. The zero-order chi connectivity index (χ0) is 22.6. The van der Waals surface area contributed by atoms with E-state index in [4.69, 9.17) is 9.84 Å². The predicted molar refractivity (Wildman–Crippen MR) is 109 cm³/mol. The second-order valence-electron chi connectivity index (χ2n) is 8.74. The van der Waals surface area contributed by atoms with Gasteiger partial charge in [-0.25, -0.2) is 4.79 Å². The Labute approximate surface area is 173 Å². The van der Waals surface area contributed by atoms with Gasteiger partial charge in [-0.05, 0) is 51.9 Å². The van der Waals surface area contributed by atoms with E-state index in [0.29, 0.717) is 19.4 Å². The quantitative estimate of drug-likeness (QED) is 0.361. The van der Waals surface area contributed by atoms with Crippen molar-refractivity contribution in [2.24, 2.45) is 11.8 Å². The number of hydrogen-bond donors (Lipinski definition) is 4. The molecule has 0 saturated heterocycles. The minimum absolute atomic E-state index is 0.0669. The van der Waals surface area contributed by atoms with E-state index in [1.807, 2.05) is 20.8 Å². The molecule has 9 heteroatoms. The lowest BCUT2D eigenvalue weighted by molar-refractivity contribution is -0.138. The number of carboxylic acids is 1. The van der Waals surface area contributed by atoms with Crippen molar-refractivity contribution in [3.63, 3.8) is 0 Å². The summed E-state index contributed by atoms with van der Waals surface area (Å²) in [5.74, 6) is -1.66. The van der Waals surface area contributed by atoms with Crippen LogP contribution in [0.5, 0.6) is 0 Å². The van der Waals surface area contributed by atoms with E-state index in [-0.39, 0.29) is 24.2 Å². The van der Waals surface area contributed by atoms with Crippen molar-refractivity contribution in [1.82, 2.24) is 16.0 Å². The number of nitrogens with one attached hydrogen (secondary N) is 3. The first-order chi connectivity index (χ1) is 13.3. The highest BCUT2D eigenvalue weighted by atomic mass is 16.6. The molecule has 0 bridgehead atoms. The van der Waals surface area contributed by atoms with E-state index in [2.05, 4.69) is 16.0 Å². The molecule has 29 heavy (non-hydrogen) atoms. The SMILES string of the molecule is CC(C)CC(NC(=O)CC(C)CCCNC(=O)OC(C)(C)C)C(=O)NCC(=O)O. The standard InChI is InChI=1S/C20H37N3O6/c1-13(2)10-15(18(27)22-12-17(25)26)23-16(24)11-14(3)8-7-9-21-19(28)29-20(4,5)6/h13-15H,7-12H2,1-6H3,(H,21,28)(H,22,27)(H,23,24)(H,25,26). The van der Waals surface area contributed by atoms with Gasteiger partial charge < -0.3 is 25.8 Å². The molecular formula is C20H37N3O6. The summed E-state index contributed by atoms with van der Waals surface area (Å²) in [6, 6.07) is -0.761. The lowest BCUT2D eigenvalue weighted by atomic mass is 9.99. The number of hydrogen-bond acceptors (Lipinski definition) is 5. The summed E-state index contributed by atoms with van der Waals surface area (Å²) in [6.07, 6.45) is 1.62. The molecule has 2 atom stereocenters. The van der Waals surface area contributed by atoms with Crippen LogP contribution in [0.2, 0.25) is 0 Å². The van der Waals surface area contributed by atoms with Crippen molar-refractivity contribution in [3.8, 4) is 0 Å². The highest BCUT2D eigenvalue weighted by molar-refractivity contribution is 5.89. The summed E-state index contributed by atoms with van der Waals surface area (Å²) in [7, 11) is 0. The monoisotopic (exact) mass is 415 g/mol. The zero-order valence-corrected chi connectivity index (χ0v) is 18.5. The third kappa shape index (κ3) is 15.3. The number of carboxylic acid groups (broad SMARTS) is 1. The molecule has 0 saturated carbocycles. The van der Waals surface area contributed by atoms with E-state index >= 15 is 0 Å². The van der Waals surface area contributed by atoms with Gasteiger partial charge in [-0.15, -0.1) is 0 Å². The first-order valence-corrected chi connectivity index (χ1v) is 10.1.